The summed E-state index contributed by atoms with van der Waals surface area (Å²) in [5.74, 6) is 8.08. The average molecular weight is 365 g/mol. The Morgan fingerprint density at radius 1 is 0.692 bits per heavy atom. The molecule has 0 radical (unpaired) electrons. The van der Waals surface area contributed by atoms with Crippen LogP contribution in [0.25, 0.3) is 0 Å². The zero-order valence-corrected chi connectivity index (χ0v) is 16.6. The number of rotatable bonds is 8. The molecule has 2 saturated heterocycles. The van der Waals surface area contributed by atoms with E-state index in [0.717, 1.165) is 50.4 Å². The van der Waals surface area contributed by atoms with Gasteiger partial charge in [0.15, 0.2) is 11.6 Å². The van der Waals surface area contributed by atoms with Crippen molar-refractivity contribution in [1.29, 1.82) is 0 Å². The van der Waals surface area contributed by atoms with Crippen molar-refractivity contribution in [3.05, 3.63) is 11.6 Å². The lowest BCUT2D eigenvalue weighted by atomic mass is 10.2. The molecule has 8 heteroatoms. The van der Waals surface area contributed by atoms with Gasteiger partial charge in [0.05, 0.1) is 0 Å². The number of nitrogen functional groups attached to an aromatic ring is 1. The van der Waals surface area contributed by atoms with Crippen LogP contribution >= 0.6 is 0 Å². The number of hydrogen-bond donors (Lipinski definition) is 1. The molecule has 8 nitrogen and oxygen atoms in total. The third kappa shape index (κ3) is 5.64. The van der Waals surface area contributed by atoms with Crippen LogP contribution < -0.4 is 5.84 Å². The quantitative estimate of drug-likeness (QED) is 0.615. The molecule has 0 aliphatic carbocycles. The Bertz CT molecular complexity index is 484. The smallest absolute Gasteiger partial charge is 0.151 e. The molecule has 26 heavy (non-hydrogen) atoms. The van der Waals surface area contributed by atoms with Gasteiger partial charge >= 0.3 is 0 Å². The van der Waals surface area contributed by atoms with Gasteiger partial charge in [0.25, 0.3) is 0 Å². The van der Waals surface area contributed by atoms with Gasteiger partial charge in [0, 0.05) is 65.2 Å². The van der Waals surface area contributed by atoms with E-state index in [0.29, 0.717) is 0 Å². The highest BCUT2D eigenvalue weighted by Gasteiger charge is 2.16. The van der Waals surface area contributed by atoms with Gasteiger partial charge in [-0.05, 0) is 40.0 Å². The highest BCUT2D eigenvalue weighted by atomic mass is 15.4. The van der Waals surface area contributed by atoms with Crippen molar-refractivity contribution in [1.82, 2.24) is 34.5 Å². The van der Waals surface area contributed by atoms with Crippen molar-refractivity contribution in [2.75, 3.05) is 85.4 Å². The third-order valence-corrected chi connectivity index (χ3v) is 5.78. The molecule has 0 atom stereocenters. The zero-order chi connectivity index (χ0) is 18.4. The monoisotopic (exact) mass is 364 g/mol. The second-order valence-electron chi connectivity index (χ2n) is 7.90. The maximum atomic E-state index is 6.23. The summed E-state index contributed by atoms with van der Waals surface area (Å²) in [5, 5.41) is 8.65. The summed E-state index contributed by atoms with van der Waals surface area (Å²) in [5.41, 5.74) is 0. The van der Waals surface area contributed by atoms with E-state index in [1.807, 2.05) is 0 Å². The minimum Gasteiger partial charge on any atom is -0.336 e. The van der Waals surface area contributed by atoms with E-state index in [4.69, 9.17) is 5.84 Å². The number of likely N-dealkylation sites (N-methyl/N-ethyl adjacent to an activating group) is 2. The highest BCUT2D eigenvalue weighted by Crippen LogP contribution is 2.07. The minimum absolute atomic E-state index is 0.911. The van der Waals surface area contributed by atoms with Crippen molar-refractivity contribution < 1.29 is 0 Å². The topological polar surface area (TPSA) is 69.7 Å². The molecule has 0 aromatic carbocycles. The molecule has 0 amide bonds. The van der Waals surface area contributed by atoms with Gasteiger partial charge < -0.3 is 25.4 Å². The first-order chi connectivity index (χ1) is 12.6. The van der Waals surface area contributed by atoms with Crippen LogP contribution in [0.15, 0.2) is 0 Å². The van der Waals surface area contributed by atoms with Crippen molar-refractivity contribution in [2.45, 2.75) is 25.7 Å². The van der Waals surface area contributed by atoms with E-state index >= 15 is 0 Å². The average Bonchev–Trinajstić information content (AvgIpc) is 2.99. The van der Waals surface area contributed by atoms with Crippen molar-refractivity contribution in [2.24, 2.45) is 0 Å². The Labute approximate surface area is 157 Å². The van der Waals surface area contributed by atoms with E-state index in [1.54, 1.807) is 4.68 Å². The number of nitrogens with two attached hydrogens (primary N) is 1. The molecule has 1 aromatic rings. The summed E-state index contributed by atoms with van der Waals surface area (Å²) in [6.45, 7) is 11.6. The van der Waals surface area contributed by atoms with Crippen LogP contribution in [0, 0.1) is 0 Å². The number of aromatic nitrogens is 3. The van der Waals surface area contributed by atoms with Gasteiger partial charge in [-0.1, -0.05) is 0 Å². The standard InChI is InChI=1S/C18H36N8/c1-22-9-13-24(14-10-22)7-3-5-17-20-21-18(26(17)19)6-4-8-25-15-11-23(2)12-16-25/h3-16,19H2,1-2H3. The molecule has 1 aromatic heterocycles. The fourth-order valence-corrected chi connectivity index (χ4v) is 3.77. The number of nitrogens with zero attached hydrogens (tertiary/aromatic N) is 7. The largest absolute Gasteiger partial charge is 0.336 e. The highest BCUT2D eigenvalue weighted by molar-refractivity contribution is 4.96. The van der Waals surface area contributed by atoms with Gasteiger partial charge in [-0.25, -0.2) is 4.68 Å². The summed E-state index contributed by atoms with van der Waals surface area (Å²) in [4.78, 5) is 9.85. The van der Waals surface area contributed by atoms with Crippen molar-refractivity contribution >= 4 is 0 Å². The van der Waals surface area contributed by atoms with Gasteiger partial charge in [-0.3, -0.25) is 0 Å². The second-order valence-corrected chi connectivity index (χ2v) is 7.90. The number of piperazine rings is 2. The Morgan fingerprint density at radius 2 is 1.08 bits per heavy atom. The van der Waals surface area contributed by atoms with E-state index in [1.165, 1.54) is 52.4 Å². The van der Waals surface area contributed by atoms with E-state index in [-0.39, 0.29) is 0 Å². The molecule has 0 unspecified atom stereocenters. The van der Waals surface area contributed by atoms with E-state index in [9.17, 15) is 0 Å². The minimum atomic E-state index is 0.911. The Morgan fingerprint density at radius 3 is 1.46 bits per heavy atom. The van der Waals surface area contributed by atoms with Crippen LogP contribution in [0.3, 0.4) is 0 Å². The number of aryl methyl sites for hydroxylation is 2. The van der Waals surface area contributed by atoms with Crippen LogP contribution in [-0.4, -0.2) is 114 Å². The summed E-state index contributed by atoms with van der Waals surface area (Å²) < 4.78 is 1.73. The van der Waals surface area contributed by atoms with Crippen LogP contribution in [0.4, 0.5) is 0 Å². The van der Waals surface area contributed by atoms with Crippen LogP contribution in [0.1, 0.15) is 24.5 Å². The van der Waals surface area contributed by atoms with Gasteiger partial charge in [0.2, 0.25) is 0 Å². The third-order valence-electron chi connectivity index (χ3n) is 5.78. The molecule has 2 N–H and O–H groups in total. The van der Waals surface area contributed by atoms with Gasteiger partial charge in [0.1, 0.15) is 0 Å². The maximum Gasteiger partial charge on any atom is 0.151 e. The molecule has 148 valence electrons. The SMILES string of the molecule is CN1CCN(CCCc2nnc(CCCN3CCN(C)CC3)n2N)CC1. The first kappa shape index (κ1) is 19.5. The first-order valence-corrected chi connectivity index (χ1v) is 10.1. The van der Waals surface area contributed by atoms with E-state index in [2.05, 4.69) is 43.9 Å². The normalized spacial score (nSPS) is 21.5. The molecular formula is C18H36N8. The molecule has 0 bridgehead atoms. The second kappa shape index (κ2) is 9.64. The molecule has 3 heterocycles. The maximum absolute atomic E-state index is 6.23. The fraction of sp³-hybridized carbons (Fsp3) is 0.889. The lowest BCUT2D eigenvalue weighted by Gasteiger charge is -2.32. The molecule has 2 fully saturated rings. The Balaban J connectivity index is 1.34. The summed E-state index contributed by atoms with van der Waals surface area (Å²) in [6.07, 6.45) is 4.02. The number of hydrogen-bond acceptors (Lipinski definition) is 7. The lowest BCUT2D eigenvalue weighted by molar-refractivity contribution is 0.152. The Kier molecular flexibility index (Phi) is 7.24. The van der Waals surface area contributed by atoms with Crippen molar-refractivity contribution in [3.63, 3.8) is 0 Å². The van der Waals surface area contributed by atoms with Gasteiger partial charge in [-0.2, -0.15) is 0 Å². The Hall–Kier alpha value is -1.22. The molecule has 0 saturated carbocycles. The molecule has 2 aliphatic rings. The fourth-order valence-electron chi connectivity index (χ4n) is 3.77. The van der Waals surface area contributed by atoms with E-state index < -0.39 is 0 Å². The molecule has 3 rings (SSSR count). The molecule has 0 spiro atoms. The van der Waals surface area contributed by atoms with Crippen LogP contribution in [0.2, 0.25) is 0 Å². The first-order valence-electron chi connectivity index (χ1n) is 10.1. The summed E-state index contributed by atoms with van der Waals surface area (Å²) in [7, 11) is 4.39. The van der Waals surface area contributed by atoms with Crippen LogP contribution in [0.5, 0.6) is 0 Å². The van der Waals surface area contributed by atoms with Crippen LogP contribution in [-0.2, 0) is 12.8 Å². The van der Waals surface area contributed by atoms with Crippen molar-refractivity contribution in [3.8, 4) is 0 Å². The predicted octanol–water partition coefficient (Wildman–Crippen LogP) is -0.648. The zero-order valence-electron chi connectivity index (χ0n) is 16.6. The molecule has 2 aliphatic heterocycles. The molecular weight excluding hydrogens is 328 g/mol. The van der Waals surface area contributed by atoms with Gasteiger partial charge in [-0.15, -0.1) is 10.2 Å². The predicted molar refractivity (Wildman–Crippen MR) is 105 cm³/mol. The summed E-state index contributed by atoms with van der Waals surface area (Å²) >= 11 is 0. The summed E-state index contributed by atoms with van der Waals surface area (Å²) in [6, 6.07) is 0. The lowest BCUT2D eigenvalue weighted by Crippen LogP contribution is -2.44.